The Balaban J connectivity index is 1.99. The fourth-order valence-corrected chi connectivity index (χ4v) is 2.44. The number of hydrogen-bond donors (Lipinski definition) is 1. The molecule has 0 saturated carbocycles. The smallest absolute Gasteiger partial charge is 0.267 e. The van der Waals surface area contributed by atoms with Gasteiger partial charge in [0.15, 0.2) is 6.10 Å². The largest absolute Gasteiger partial charge is 0.479 e. The minimum absolute atomic E-state index is 0.0518. The van der Waals surface area contributed by atoms with Gasteiger partial charge in [0, 0.05) is 26.1 Å². The standard InChI is InChI=1S/C16H22N2O4/c1-11(10-21-3)17-15(19)8-9-18-13-6-4-5-7-14(13)22-12(2)16(18)20/h4-7,11-12H,8-10H2,1-3H3,(H,17,19). The summed E-state index contributed by atoms with van der Waals surface area (Å²) in [5.74, 6) is 0.438. The number of ether oxygens (including phenoxy) is 2. The van der Waals surface area contributed by atoms with Crippen LogP contribution in [0.15, 0.2) is 24.3 Å². The number of amides is 2. The number of para-hydroxylation sites is 2. The molecule has 120 valence electrons. The highest BCUT2D eigenvalue weighted by Gasteiger charge is 2.31. The zero-order valence-corrected chi connectivity index (χ0v) is 13.2. The maximum absolute atomic E-state index is 12.3. The van der Waals surface area contributed by atoms with E-state index in [-0.39, 0.29) is 24.3 Å². The third kappa shape index (κ3) is 3.76. The van der Waals surface area contributed by atoms with Crippen LogP contribution in [-0.4, -0.2) is 44.2 Å². The van der Waals surface area contributed by atoms with E-state index in [1.165, 1.54) is 0 Å². The summed E-state index contributed by atoms with van der Waals surface area (Å²) in [5.41, 5.74) is 0.711. The lowest BCUT2D eigenvalue weighted by molar-refractivity contribution is -0.125. The van der Waals surface area contributed by atoms with Gasteiger partial charge < -0.3 is 19.7 Å². The molecular formula is C16H22N2O4. The van der Waals surface area contributed by atoms with Crippen molar-refractivity contribution in [2.45, 2.75) is 32.4 Å². The lowest BCUT2D eigenvalue weighted by Gasteiger charge is -2.32. The molecular weight excluding hydrogens is 284 g/mol. The third-order valence-corrected chi connectivity index (χ3v) is 3.46. The fourth-order valence-electron chi connectivity index (χ4n) is 2.44. The second-order valence-corrected chi connectivity index (χ2v) is 5.39. The number of carbonyl (C=O) groups is 2. The van der Waals surface area contributed by atoms with Crippen LogP contribution >= 0.6 is 0 Å². The first-order valence-corrected chi connectivity index (χ1v) is 7.38. The van der Waals surface area contributed by atoms with Crippen LogP contribution in [0, 0.1) is 0 Å². The van der Waals surface area contributed by atoms with Crippen molar-refractivity contribution in [2.24, 2.45) is 0 Å². The van der Waals surface area contributed by atoms with Crippen molar-refractivity contribution < 1.29 is 19.1 Å². The van der Waals surface area contributed by atoms with E-state index in [0.717, 1.165) is 0 Å². The van der Waals surface area contributed by atoms with Gasteiger partial charge in [-0.05, 0) is 26.0 Å². The zero-order valence-electron chi connectivity index (χ0n) is 13.2. The molecule has 6 heteroatoms. The Hall–Kier alpha value is -2.08. The number of benzene rings is 1. The van der Waals surface area contributed by atoms with Crippen molar-refractivity contribution in [3.63, 3.8) is 0 Å². The van der Waals surface area contributed by atoms with Crippen LogP contribution < -0.4 is 15.0 Å². The zero-order chi connectivity index (χ0) is 16.1. The van der Waals surface area contributed by atoms with Crippen molar-refractivity contribution in [1.29, 1.82) is 0 Å². The van der Waals surface area contributed by atoms with Crippen LogP contribution in [0.1, 0.15) is 20.3 Å². The van der Waals surface area contributed by atoms with Crippen LogP contribution in [0.3, 0.4) is 0 Å². The van der Waals surface area contributed by atoms with E-state index in [0.29, 0.717) is 24.6 Å². The first-order chi connectivity index (χ1) is 10.5. The molecule has 1 aromatic rings. The predicted molar refractivity (Wildman–Crippen MR) is 83.0 cm³/mol. The maximum atomic E-state index is 12.3. The molecule has 1 aromatic carbocycles. The predicted octanol–water partition coefficient (Wildman–Crippen LogP) is 1.34. The highest BCUT2D eigenvalue weighted by atomic mass is 16.5. The minimum atomic E-state index is -0.537. The molecule has 0 fully saturated rings. The molecule has 1 N–H and O–H groups in total. The Morgan fingerprint density at radius 2 is 2.18 bits per heavy atom. The van der Waals surface area contributed by atoms with Crippen LogP contribution in [0.25, 0.3) is 0 Å². The van der Waals surface area contributed by atoms with Gasteiger partial charge in [-0.15, -0.1) is 0 Å². The third-order valence-electron chi connectivity index (χ3n) is 3.46. The summed E-state index contributed by atoms with van der Waals surface area (Å²) in [5, 5.41) is 2.84. The van der Waals surface area contributed by atoms with E-state index < -0.39 is 6.10 Å². The molecule has 6 nitrogen and oxygen atoms in total. The van der Waals surface area contributed by atoms with E-state index in [4.69, 9.17) is 9.47 Å². The number of anilines is 1. The molecule has 1 aliphatic rings. The molecule has 2 rings (SSSR count). The number of nitrogens with zero attached hydrogens (tertiary/aromatic N) is 1. The van der Waals surface area contributed by atoms with Gasteiger partial charge in [-0.25, -0.2) is 0 Å². The summed E-state index contributed by atoms with van der Waals surface area (Å²) in [6, 6.07) is 7.30. The highest BCUT2D eigenvalue weighted by Crippen LogP contribution is 2.33. The second-order valence-electron chi connectivity index (χ2n) is 5.39. The van der Waals surface area contributed by atoms with E-state index in [2.05, 4.69) is 5.32 Å². The molecule has 0 radical (unpaired) electrons. The van der Waals surface area contributed by atoms with Gasteiger partial charge in [-0.3, -0.25) is 9.59 Å². The summed E-state index contributed by atoms with van der Waals surface area (Å²) < 4.78 is 10.6. The van der Waals surface area contributed by atoms with Gasteiger partial charge >= 0.3 is 0 Å². The quantitative estimate of drug-likeness (QED) is 0.861. The molecule has 0 bridgehead atoms. The Morgan fingerprint density at radius 3 is 2.91 bits per heavy atom. The van der Waals surface area contributed by atoms with Crippen molar-refractivity contribution in [2.75, 3.05) is 25.2 Å². The minimum Gasteiger partial charge on any atom is -0.479 e. The lowest BCUT2D eigenvalue weighted by atomic mass is 10.1. The average Bonchev–Trinajstić information content (AvgIpc) is 2.48. The molecule has 0 saturated heterocycles. The van der Waals surface area contributed by atoms with E-state index in [1.807, 2.05) is 31.2 Å². The molecule has 22 heavy (non-hydrogen) atoms. The van der Waals surface area contributed by atoms with Gasteiger partial charge in [0.1, 0.15) is 5.75 Å². The monoisotopic (exact) mass is 306 g/mol. The van der Waals surface area contributed by atoms with Crippen LogP contribution in [-0.2, 0) is 14.3 Å². The molecule has 0 aliphatic carbocycles. The normalized spacial score (nSPS) is 18.4. The fraction of sp³-hybridized carbons (Fsp3) is 0.500. The average molecular weight is 306 g/mol. The summed E-state index contributed by atoms with van der Waals surface area (Å²) in [6.07, 6.45) is -0.300. The van der Waals surface area contributed by atoms with Crippen molar-refractivity contribution in [3.8, 4) is 5.75 Å². The summed E-state index contributed by atoms with van der Waals surface area (Å²) >= 11 is 0. The lowest BCUT2D eigenvalue weighted by Crippen LogP contribution is -2.46. The first kappa shape index (κ1) is 16.3. The Kier molecular flexibility index (Phi) is 5.38. The van der Waals surface area contributed by atoms with Gasteiger partial charge in [-0.1, -0.05) is 12.1 Å². The van der Waals surface area contributed by atoms with E-state index in [1.54, 1.807) is 18.9 Å². The van der Waals surface area contributed by atoms with E-state index >= 15 is 0 Å². The molecule has 2 unspecified atom stereocenters. The van der Waals surface area contributed by atoms with Crippen molar-refractivity contribution >= 4 is 17.5 Å². The van der Waals surface area contributed by atoms with Crippen LogP contribution in [0.4, 0.5) is 5.69 Å². The van der Waals surface area contributed by atoms with Crippen molar-refractivity contribution in [1.82, 2.24) is 5.32 Å². The van der Waals surface area contributed by atoms with Gasteiger partial charge in [0.2, 0.25) is 5.91 Å². The van der Waals surface area contributed by atoms with Crippen LogP contribution in [0.2, 0.25) is 0 Å². The summed E-state index contributed by atoms with van der Waals surface area (Å²) in [7, 11) is 1.59. The second kappa shape index (κ2) is 7.26. The number of hydrogen-bond acceptors (Lipinski definition) is 4. The number of rotatable bonds is 6. The Bertz CT molecular complexity index is 547. The van der Waals surface area contributed by atoms with Gasteiger partial charge in [-0.2, -0.15) is 0 Å². The topological polar surface area (TPSA) is 67.9 Å². The summed E-state index contributed by atoms with van der Waals surface area (Å²) in [6.45, 7) is 4.38. The Labute approximate surface area is 130 Å². The molecule has 0 aromatic heterocycles. The molecule has 1 aliphatic heterocycles. The molecule has 1 heterocycles. The number of methoxy groups -OCH3 is 1. The first-order valence-electron chi connectivity index (χ1n) is 7.38. The van der Waals surface area contributed by atoms with E-state index in [9.17, 15) is 9.59 Å². The molecule has 2 amide bonds. The van der Waals surface area contributed by atoms with Crippen LogP contribution in [0.5, 0.6) is 5.75 Å². The number of nitrogens with one attached hydrogen (secondary N) is 1. The Morgan fingerprint density at radius 1 is 1.45 bits per heavy atom. The SMILES string of the molecule is COCC(C)NC(=O)CCN1C(=O)C(C)Oc2ccccc21. The maximum Gasteiger partial charge on any atom is 0.267 e. The molecule has 0 spiro atoms. The highest BCUT2D eigenvalue weighted by molar-refractivity contribution is 6.00. The molecule has 2 atom stereocenters. The number of fused-ring (bicyclic) bond motifs is 1. The number of carbonyl (C=O) groups excluding carboxylic acids is 2. The summed E-state index contributed by atoms with van der Waals surface area (Å²) in [4.78, 5) is 25.8. The van der Waals surface area contributed by atoms with Crippen molar-refractivity contribution in [3.05, 3.63) is 24.3 Å². The van der Waals surface area contributed by atoms with Gasteiger partial charge in [0.25, 0.3) is 5.91 Å². The van der Waals surface area contributed by atoms with Gasteiger partial charge in [0.05, 0.1) is 12.3 Å².